The molecule has 8 heteroatoms. The van der Waals surface area contributed by atoms with Crippen molar-refractivity contribution in [2.24, 2.45) is 0 Å². The summed E-state index contributed by atoms with van der Waals surface area (Å²) in [6, 6.07) is 21.4. The van der Waals surface area contributed by atoms with E-state index in [4.69, 9.17) is 9.47 Å². The fraction of sp³-hybridized carbons (Fsp3) is 0.192. The van der Waals surface area contributed by atoms with Crippen LogP contribution in [0.15, 0.2) is 76.7 Å². The number of rotatable bonds is 7. The van der Waals surface area contributed by atoms with E-state index in [1.54, 1.807) is 30.5 Å². The molecule has 3 aromatic carbocycles. The first kappa shape index (κ1) is 22.0. The van der Waals surface area contributed by atoms with Gasteiger partial charge in [0.25, 0.3) is 5.56 Å². The number of ether oxygens (including phenoxy) is 2. The molecule has 34 heavy (non-hydrogen) atoms. The predicted molar refractivity (Wildman–Crippen MR) is 134 cm³/mol. The maximum Gasteiger partial charge on any atom is 0.263 e. The fourth-order valence-corrected chi connectivity index (χ4v) is 5.05. The van der Waals surface area contributed by atoms with Gasteiger partial charge in [0, 0.05) is 16.9 Å². The third kappa shape index (κ3) is 3.90. The van der Waals surface area contributed by atoms with Crippen LogP contribution in [0.2, 0.25) is 0 Å². The molecule has 0 unspecified atom stereocenters. The van der Waals surface area contributed by atoms with Gasteiger partial charge in [-0.15, -0.1) is 10.2 Å². The van der Waals surface area contributed by atoms with Crippen molar-refractivity contribution in [2.45, 2.75) is 24.4 Å². The second-order valence-corrected chi connectivity index (χ2v) is 8.88. The lowest BCUT2D eigenvalue weighted by atomic mass is 10.1. The summed E-state index contributed by atoms with van der Waals surface area (Å²) >= 11 is 1.56. The Labute approximate surface area is 201 Å². The molecule has 0 aliphatic carbocycles. The molecule has 0 bridgehead atoms. The van der Waals surface area contributed by atoms with E-state index in [9.17, 15) is 4.79 Å². The number of aryl methyl sites for hydroxylation is 1. The Hall–Kier alpha value is -3.78. The molecule has 0 saturated heterocycles. The SMILES string of the molecule is COc1ccc(C)cc1CSc1nnc2n(Cc3ccccc3OC)c(=O)c3ccccc3n12. The zero-order chi connectivity index (χ0) is 23.7. The number of nitrogens with zero attached hydrogens (tertiary/aromatic N) is 4. The monoisotopic (exact) mass is 472 g/mol. The van der Waals surface area contributed by atoms with E-state index in [0.29, 0.717) is 28.6 Å². The molecule has 7 nitrogen and oxygen atoms in total. The van der Waals surface area contributed by atoms with E-state index in [0.717, 1.165) is 28.1 Å². The molecule has 0 radical (unpaired) electrons. The van der Waals surface area contributed by atoms with Crippen molar-refractivity contribution in [1.82, 2.24) is 19.2 Å². The number of fused-ring (bicyclic) bond motifs is 3. The minimum absolute atomic E-state index is 0.113. The van der Waals surface area contributed by atoms with Gasteiger partial charge in [0.1, 0.15) is 11.5 Å². The van der Waals surface area contributed by atoms with Crippen LogP contribution < -0.4 is 15.0 Å². The van der Waals surface area contributed by atoms with E-state index in [1.807, 2.05) is 65.1 Å². The number of para-hydroxylation sites is 2. The molecule has 0 fully saturated rings. The van der Waals surface area contributed by atoms with Crippen molar-refractivity contribution in [3.8, 4) is 11.5 Å². The van der Waals surface area contributed by atoms with Crippen molar-refractivity contribution < 1.29 is 9.47 Å². The molecule has 0 aliphatic rings. The molecule has 0 atom stereocenters. The zero-order valence-corrected chi connectivity index (χ0v) is 20.0. The van der Waals surface area contributed by atoms with Crippen LogP contribution in [0.25, 0.3) is 16.7 Å². The average Bonchev–Trinajstić information content (AvgIpc) is 3.29. The number of thioether (sulfide) groups is 1. The van der Waals surface area contributed by atoms with E-state index in [-0.39, 0.29) is 5.56 Å². The van der Waals surface area contributed by atoms with Crippen molar-refractivity contribution in [1.29, 1.82) is 0 Å². The molecule has 0 saturated carbocycles. The van der Waals surface area contributed by atoms with E-state index in [2.05, 4.69) is 23.2 Å². The van der Waals surface area contributed by atoms with Gasteiger partial charge in [0.15, 0.2) is 5.16 Å². The molecular formula is C26H24N4O3S. The molecule has 0 N–H and O–H groups in total. The van der Waals surface area contributed by atoms with Gasteiger partial charge in [-0.2, -0.15) is 0 Å². The number of hydrogen-bond donors (Lipinski definition) is 0. The summed E-state index contributed by atoms with van der Waals surface area (Å²) < 4.78 is 14.7. The molecule has 2 aromatic heterocycles. The quantitative estimate of drug-likeness (QED) is 0.320. The smallest absolute Gasteiger partial charge is 0.263 e. The molecule has 5 aromatic rings. The van der Waals surface area contributed by atoms with Crippen LogP contribution in [-0.4, -0.2) is 33.4 Å². The van der Waals surface area contributed by atoms with Crippen molar-refractivity contribution in [3.63, 3.8) is 0 Å². The van der Waals surface area contributed by atoms with Crippen LogP contribution in [0.5, 0.6) is 11.5 Å². The highest BCUT2D eigenvalue weighted by atomic mass is 32.2. The lowest BCUT2D eigenvalue weighted by Crippen LogP contribution is -2.24. The van der Waals surface area contributed by atoms with E-state index in [1.165, 1.54) is 5.56 Å². The Morgan fingerprint density at radius 3 is 2.44 bits per heavy atom. The molecule has 0 aliphatic heterocycles. The second-order valence-electron chi connectivity index (χ2n) is 7.94. The predicted octanol–water partition coefficient (Wildman–Crippen LogP) is 4.71. The summed E-state index contributed by atoms with van der Waals surface area (Å²) in [5, 5.41) is 10.2. The van der Waals surface area contributed by atoms with Gasteiger partial charge in [0.05, 0.1) is 31.7 Å². The van der Waals surface area contributed by atoms with Gasteiger partial charge in [-0.25, -0.2) is 0 Å². The Balaban J connectivity index is 1.63. The number of benzene rings is 3. The second kappa shape index (κ2) is 9.23. The summed E-state index contributed by atoms with van der Waals surface area (Å²) in [7, 11) is 3.30. The molecule has 0 amide bonds. The standard InChI is InChI=1S/C26H24N4O3S/c1-17-12-13-23(33-3)19(14-17)16-34-26-28-27-25-29(15-18-8-4-7-11-22(18)32-2)24(31)20-9-5-6-10-21(20)30(25)26/h4-14H,15-16H2,1-3H3. The van der Waals surface area contributed by atoms with Gasteiger partial charge in [-0.3, -0.25) is 13.8 Å². The highest BCUT2D eigenvalue weighted by molar-refractivity contribution is 7.98. The van der Waals surface area contributed by atoms with Crippen molar-refractivity contribution in [3.05, 3.63) is 93.8 Å². The van der Waals surface area contributed by atoms with Crippen LogP contribution in [0.1, 0.15) is 16.7 Å². The summed E-state index contributed by atoms with van der Waals surface area (Å²) in [6.07, 6.45) is 0. The minimum atomic E-state index is -0.113. The van der Waals surface area contributed by atoms with Crippen LogP contribution in [0, 0.1) is 6.92 Å². The lowest BCUT2D eigenvalue weighted by Gasteiger charge is -2.13. The topological polar surface area (TPSA) is 70.7 Å². The van der Waals surface area contributed by atoms with E-state index < -0.39 is 0 Å². The number of aromatic nitrogens is 4. The first-order valence-corrected chi connectivity index (χ1v) is 11.8. The largest absolute Gasteiger partial charge is 0.496 e. The number of hydrogen-bond acceptors (Lipinski definition) is 6. The van der Waals surface area contributed by atoms with Crippen LogP contribution in [0.4, 0.5) is 0 Å². The highest BCUT2D eigenvalue weighted by Crippen LogP contribution is 2.29. The Morgan fingerprint density at radius 1 is 0.882 bits per heavy atom. The van der Waals surface area contributed by atoms with Crippen molar-refractivity contribution >= 4 is 28.4 Å². The van der Waals surface area contributed by atoms with Gasteiger partial charge < -0.3 is 9.47 Å². The number of methoxy groups -OCH3 is 2. The first-order chi connectivity index (χ1) is 16.6. The van der Waals surface area contributed by atoms with Crippen LogP contribution >= 0.6 is 11.8 Å². The third-order valence-corrected chi connectivity index (χ3v) is 6.77. The Kier molecular flexibility index (Phi) is 5.98. The molecular weight excluding hydrogens is 448 g/mol. The molecule has 0 spiro atoms. The highest BCUT2D eigenvalue weighted by Gasteiger charge is 2.18. The Morgan fingerprint density at radius 2 is 1.62 bits per heavy atom. The maximum absolute atomic E-state index is 13.5. The average molecular weight is 473 g/mol. The molecule has 172 valence electrons. The first-order valence-electron chi connectivity index (χ1n) is 10.9. The molecule has 2 heterocycles. The van der Waals surface area contributed by atoms with Gasteiger partial charge in [-0.1, -0.05) is 59.8 Å². The third-order valence-electron chi connectivity index (χ3n) is 5.79. The fourth-order valence-electron chi connectivity index (χ4n) is 4.14. The summed E-state index contributed by atoms with van der Waals surface area (Å²) in [6.45, 7) is 2.38. The summed E-state index contributed by atoms with van der Waals surface area (Å²) in [5.74, 6) is 2.71. The summed E-state index contributed by atoms with van der Waals surface area (Å²) in [5.41, 5.74) is 3.81. The normalized spacial score (nSPS) is 11.3. The van der Waals surface area contributed by atoms with Gasteiger partial charge in [-0.05, 0) is 31.2 Å². The minimum Gasteiger partial charge on any atom is -0.496 e. The van der Waals surface area contributed by atoms with Gasteiger partial charge >= 0.3 is 0 Å². The Bertz CT molecular complexity index is 1560. The molecule has 5 rings (SSSR count). The van der Waals surface area contributed by atoms with Crippen molar-refractivity contribution in [2.75, 3.05) is 14.2 Å². The van der Waals surface area contributed by atoms with E-state index >= 15 is 0 Å². The zero-order valence-electron chi connectivity index (χ0n) is 19.2. The van der Waals surface area contributed by atoms with Gasteiger partial charge in [0.2, 0.25) is 5.78 Å². The van der Waals surface area contributed by atoms with Crippen LogP contribution in [-0.2, 0) is 12.3 Å². The van der Waals surface area contributed by atoms with Crippen LogP contribution in [0.3, 0.4) is 0 Å². The lowest BCUT2D eigenvalue weighted by molar-refractivity contribution is 0.408. The maximum atomic E-state index is 13.5. The summed E-state index contributed by atoms with van der Waals surface area (Å²) in [4.78, 5) is 13.5.